The minimum Gasteiger partial charge on any atom is -0.313 e. The highest BCUT2D eigenvalue weighted by molar-refractivity contribution is 7.87. The molecule has 0 saturated heterocycles. The molecule has 0 amide bonds. The van der Waals surface area contributed by atoms with Crippen molar-refractivity contribution in [1.82, 2.24) is 14.3 Å². The van der Waals surface area contributed by atoms with E-state index in [9.17, 15) is 8.42 Å². The Hall–Kier alpha value is 0.120. The number of likely N-dealkylation sites (N-methyl/N-ethyl adjacent to an activating group) is 1. The van der Waals surface area contributed by atoms with Crippen molar-refractivity contribution in [2.75, 3.05) is 27.2 Å². The summed E-state index contributed by atoms with van der Waals surface area (Å²) < 4.78 is 26.1. The first kappa shape index (κ1) is 16.5. The SMILES string of the molecule is CCN[C@H](C)CNS(=O)(=O)N(C)C.Cl. The lowest BCUT2D eigenvalue weighted by molar-refractivity contribution is 0.489. The first-order valence-corrected chi connectivity index (χ1v) is 5.74. The molecule has 0 rings (SSSR count). The summed E-state index contributed by atoms with van der Waals surface area (Å²) in [5.74, 6) is 0. The Morgan fingerprint density at radius 1 is 1.36 bits per heavy atom. The third-order valence-corrected chi connectivity index (χ3v) is 3.10. The van der Waals surface area contributed by atoms with E-state index >= 15 is 0 Å². The van der Waals surface area contributed by atoms with Gasteiger partial charge in [0.2, 0.25) is 0 Å². The molecule has 0 aromatic rings. The number of halogens is 1. The molecule has 0 aliphatic heterocycles. The number of nitrogens with one attached hydrogen (secondary N) is 2. The second kappa shape index (κ2) is 7.42. The van der Waals surface area contributed by atoms with Crippen molar-refractivity contribution < 1.29 is 8.42 Å². The highest BCUT2D eigenvalue weighted by Gasteiger charge is 2.13. The van der Waals surface area contributed by atoms with Crippen molar-refractivity contribution in [2.24, 2.45) is 0 Å². The Morgan fingerprint density at radius 2 is 1.86 bits per heavy atom. The van der Waals surface area contributed by atoms with Crippen LogP contribution >= 0.6 is 12.4 Å². The number of nitrogens with zero attached hydrogens (tertiary/aromatic N) is 1. The van der Waals surface area contributed by atoms with Crippen molar-refractivity contribution in [2.45, 2.75) is 19.9 Å². The predicted molar refractivity (Wildman–Crippen MR) is 61.0 cm³/mol. The summed E-state index contributed by atoms with van der Waals surface area (Å²) in [5.41, 5.74) is 0. The molecule has 0 heterocycles. The zero-order chi connectivity index (χ0) is 10.5. The van der Waals surface area contributed by atoms with Crippen LogP contribution in [0.5, 0.6) is 0 Å². The lowest BCUT2D eigenvalue weighted by Crippen LogP contribution is -2.43. The molecule has 0 fully saturated rings. The minimum absolute atomic E-state index is 0. The summed E-state index contributed by atoms with van der Waals surface area (Å²) in [7, 11) is -0.268. The van der Waals surface area contributed by atoms with Crippen LogP contribution in [0.1, 0.15) is 13.8 Å². The van der Waals surface area contributed by atoms with E-state index in [1.165, 1.54) is 14.1 Å². The fraction of sp³-hybridized carbons (Fsp3) is 1.00. The van der Waals surface area contributed by atoms with Crippen LogP contribution in [-0.4, -0.2) is 45.9 Å². The van der Waals surface area contributed by atoms with Gasteiger partial charge in [0.15, 0.2) is 0 Å². The van der Waals surface area contributed by atoms with Gasteiger partial charge in [-0.15, -0.1) is 12.4 Å². The summed E-state index contributed by atoms with van der Waals surface area (Å²) in [5, 5.41) is 3.11. The average molecular weight is 246 g/mol. The zero-order valence-corrected chi connectivity index (χ0v) is 10.7. The summed E-state index contributed by atoms with van der Waals surface area (Å²) in [6, 6.07) is 0.153. The zero-order valence-electron chi connectivity index (χ0n) is 9.07. The highest BCUT2D eigenvalue weighted by Crippen LogP contribution is 1.88. The van der Waals surface area contributed by atoms with Crippen molar-refractivity contribution in [3.63, 3.8) is 0 Å². The summed E-state index contributed by atoms with van der Waals surface area (Å²) in [6.45, 7) is 5.16. The van der Waals surface area contributed by atoms with E-state index in [-0.39, 0.29) is 18.4 Å². The van der Waals surface area contributed by atoms with Gasteiger partial charge in [-0.25, -0.2) is 4.72 Å². The van der Waals surface area contributed by atoms with Gasteiger partial charge >= 0.3 is 0 Å². The lowest BCUT2D eigenvalue weighted by Gasteiger charge is -2.16. The van der Waals surface area contributed by atoms with E-state index < -0.39 is 10.2 Å². The van der Waals surface area contributed by atoms with E-state index in [0.717, 1.165) is 10.8 Å². The second-order valence-electron chi connectivity index (χ2n) is 3.09. The fourth-order valence-corrected chi connectivity index (χ4v) is 1.50. The highest BCUT2D eigenvalue weighted by atomic mass is 35.5. The van der Waals surface area contributed by atoms with Gasteiger partial charge in [-0.2, -0.15) is 12.7 Å². The molecule has 0 saturated carbocycles. The smallest absolute Gasteiger partial charge is 0.278 e. The van der Waals surface area contributed by atoms with E-state index in [1.807, 2.05) is 13.8 Å². The van der Waals surface area contributed by atoms with Crippen molar-refractivity contribution in [3.8, 4) is 0 Å². The molecular formula is C7H20ClN3O2S. The molecule has 0 aliphatic rings. The van der Waals surface area contributed by atoms with E-state index in [2.05, 4.69) is 10.0 Å². The summed E-state index contributed by atoms with van der Waals surface area (Å²) >= 11 is 0. The Balaban J connectivity index is 0. The first-order chi connectivity index (χ1) is 5.90. The molecule has 0 unspecified atom stereocenters. The first-order valence-electron chi connectivity index (χ1n) is 4.30. The van der Waals surface area contributed by atoms with Gasteiger partial charge in [0.25, 0.3) is 10.2 Å². The number of rotatable bonds is 6. The largest absolute Gasteiger partial charge is 0.313 e. The molecule has 88 valence electrons. The topological polar surface area (TPSA) is 61.4 Å². The third-order valence-electron chi connectivity index (χ3n) is 1.61. The average Bonchev–Trinajstić information content (AvgIpc) is 2.01. The standard InChI is InChI=1S/C7H19N3O2S.ClH/c1-5-8-7(2)6-9-13(11,12)10(3)4;/h7-9H,5-6H2,1-4H3;1H/t7-;/m1./s1. The maximum absolute atomic E-state index is 11.2. The summed E-state index contributed by atoms with van der Waals surface area (Å²) in [6.07, 6.45) is 0. The van der Waals surface area contributed by atoms with Crippen LogP contribution in [0, 0.1) is 0 Å². The minimum atomic E-state index is -3.27. The van der Waals surface area contributed by atoms with E-state index in [0.29, 0.717) is 6.54 Å². The monoisotopic (exact) mass is 245 g/mol. The molecule has 0 aromatic carbocycles. The van der Waals surface area contributed by atoms with Crippen molar-refractivity contribution >= 4 is 22.6 Å². The van der Waals surface area contributed by atoms with Crippen LogP contribution in [-0.2, 0) is 10.2 Å². The molecule has 0 radical (unpaired) electrons. The van der Waals surface area contributed by atoms with Gasteiger partial charge in [0, 0.05) is 26.7 Å². The maximum Gasteiger partial charge on any atom is 0.278 e. The second-order valence-corrected chi connectivity index (χ2v) is 5.06. The van der Waals surface area contributed by atoms with Crippen molar-refractivity contribution in [3.05, 3.63) is 0 Å². The van der Waals surface area contributed by atoms with Gasteiger partial charge in [-0.05, 0) is 13.5 Å². The molecule has 0 aromatic heterocycles. The molecule has 14 heavy (non-hydrogen) atoms. The quantitative estimate of drug-likeness (QED) is 0.682. The van der Waals surface area contributed by atoms with Crippen LogP contribution in [0.25, 0.3) is 0 Å². The fourth-order valence-electron chi connectivity index (χ4n) is 0.780. The molecule has 7 heteroatoms. The van der Waals surface area contributed by atoms with Gasteiger partial charge in [0.05, 0.1) is 0 Å². The Kier molecular flexibility index (Phi) is 8.77. The Bertz CT molecular complexity index is 231. The van der Waals surface area contributed by atoms with Crippen LogP contribution in [0.4, 0.5) is 0 Å². The molecule has 0 bridgehead atoms. The third kappa shape index (κ3) is 6.56. The van der Waals surface area contributed by atoms with Crippen LogP contribution < -0.4 is 10.0 Å². The Labute approximate surface area is 92.8 Å². The van der Waals surface area contributed by atoms with Crippen LogP contribution in [0.15, 0.2) is 0 Å². The Morgan fingerprint density at radius 3 is 2.21 bits per heavy atom. The van der Waals surface area contributed by atoms with Gasteiger partial charge in [-0.1, -0.05) is 6.92 Å². The number of hydrogen-bond donors (Lipinski definition) is 2. The lowest BCUT2D eigenvalue weighted by atomic mass is 10.3. The van der Waals surface area contributed by atoms with E-state index in [4.69, 9.17) is 0 Å². The molecule has 0 aliphatic carbocycles. The van der Waals surface area contributed by atoms with Gasteiger partial charge in [0.1, 0.15) is 0 Å². The van der Waals surface area contributed by atoms with Gasteiger partial charge < -0.3 is 5.32 Å². The predicted octanol–water partition coefficient (Wildman–Crippen LogP) is -0.198. The molecule has 5 nitrogen and oxygen atoms in total. The van der Waals surface area contributed by atoms with Crippen LogP contribution in [0.3, 0.4) is 0 Å². The molecular weight excluding hydrogens is 226 g/mol. The molecule has 0 spiro atoms. The van der Waals surface area contributed by atoms with Crippen LogP contribution in [0.2, 0.25) is 0 Å². The molecule has 2 N–H and O–H groups in total. The molecule has 1 atom stereocenters. The number of hydrogen-bond acceptors (Lipinski definition) is 3. The van der Waals surface area contributed by atoms with Crippen molar-refractivity contribution in [1.29, 1.82) is 0 Å². The van der Waals surface area contributed by atoms with E-state index in [1.54, 1.807) is 0 Å². The normalized spacial score (nSPS) is 13.8. The van der Waals surface area contributed by atoms with Gasteiger partial charge in [-0.3, -0.25) is 0 Å². The summed E-state index contributed by atoms with van der Waals surface area (Å²) in [4.78, 5) is 0. The maximum atomic E-state index is 11.2.